The summed E-state index contributed by atoms with van der Waals surface area (Å²) in [5, 5.41) is 21.5. The van der Waals surface area contributed by atoms with Crippen molar-refractivity contribution in [3.8, 4) is 0 Å². The molecule has 1 aromatic carbocycles. The fraction of sp³-hybridized carbons (Fsp3) is 0.444. The number of nitro benzene ring substituents is 1. The van der Waals surface area contributed by atoms with Crippen molar-refractivity contribution in [2.45, 2.75) is 46.7 Å². The molecule has 0 unspecified atom stereocenters. The van der Waals surface area contributed by atoms with E-state index in [1.54, 1.807) is 6.07 Å². The highest BCUT2D eigenvalue weighted by Crippen LogP contribution is 2.16. The van der Waals surface area contributed by atoms with E-state index in [1.165, 1.54) is 12.1 Å². The van der Waals surface area contributed by atoms with Gasteiger partial charge in [-0.3, -0.25) is 10.1 Å². The lowest BCUT2D eigenvalue weighted by Gasteiger charge is -2.11. The van der Waals surface area contributed by atoms with Gasteiger partial charge in [0.25, 0.3) is 5.69 Å². The van der Waals surface area contributed by atoms with Crippen LogP contribution in [0.15, 0.2) is 33.8 Å². The maximum absolute atomic E-state index is 10.9. The minimum absolute atomic E-state index is 0. The fourth-order valence-electron chi connectivity index (χ4n) is 2.59. The van der Waals surface area contributed by atoms with E-state index in [0.29, 0.717) is 25.6 Å². The van der Waals surface area contributed by atoms with Gasteiger partial charge in [0, 0.05) is 37.2 Å². The minimum atomic E-state index is -0.402. The van der Waals surface area contributed by atoms with E-state index in [9.17, 15) is 10.1 Å². The van der Waals surface area contributed by atoms with Gasteiger partial charge in [0.15, 0.2) is 5.96 Å². The molecule has 0 saturated heterocycles. The molecule has 27 heavy (non-hydrogen) atoms. The van der Waals surface area contributed by atoms with Crippen LogP contribution in [0.1, 0.15) is 43.4 Å². The molecule has 9 heteroatoms. The fourth-order valence-corrected chi connectivity index (χ4v) is 2.59. The lowest BCUT2D eigenvalue weighted by Crippen LogP contribution is -2.37. The number of guanidine groups is 1. The highest BCUT2D eigenvalue weighted by Gasteiger charge is 2.13. The quantitative estimate of drug-likeness (QED) is 0.194. The van der Waals surface area contributed by atoms with Crippen LogP contribution in [0.3, 0.4) is 0 Å². The summed E-state index contributed by atoms with van der Waals surface area (Å²) in [6.07, 6.45) is 1.59. The number of benzene rings is 1. The van der Waals surface area contributed by atoms with Gasteiger partial charge in [-0.15, -0.1) is 24.0 Å². The van der Waals surface area contributed by atoms with Crippen molar-refractivity contribution in [1.29, 1.82) is 0 Å². The molecule has 2 rings (SSSR count). The summed E-state index contributed by atoms with van der Waals surface area (Å²) >= 11 is 0. The zero-order valence-corrected chi connectivity index (χ0v) is 18.1. The molecular weight excluding hydrogens is 461 g/mol. The molecule has 0 amide bonds. The third-order valence-electron chi connectivity index (χ3n) is 3.92. The van der Waals surface area contributed by atoms with E-state index in [0.717, 1.165) is 35.4 Å². The zero-order valence-electron chi connectivity index (χ0n) is 15.8. The molecule has 2 aromatic rings. The molecule has 0 spiro atoms. The summed E-state index contributed by atoms with van der Waals surface area (Å²) in [7, 11) is 0. The Bertz CT molecular complexity index is 755. The summed E-state index contributed by atoms with van der Waals surface area (Å²) < 4.78 is 5.38. The second-order valence-corrected chi connectivity index (χ2v) is 5.71. The molecule has 0 saturated carbocycles. The van der Waals surface area contributed by atoms with E-state index in [4.69, 9.17) is 4.52 Å². The summed E-state index contributed by atoms with van der Waals surface area (Å²) in [6.45, 7) is 7.69. The Kier molecular flexibility index (Phi) is 9.76. The van der Waals surface area contributed by atoms with Crippen molar-refractivity contribution in [2.75, 3.05) is 6.54 Å². The van der Waals surface area contributed by atoms with E-state index >= 15 is 0 Å². The molecule has 0 aliphatic carbocycles. The molecule has 0 aliphatic rings. The molecular formula is C18H26IN5O3. The molecule has 0 aliphatic heterocycles. The summed E-state index contributed by atoms with van der Waals surface area (Å²) in [4.78, 5) is 15.0. The number of aromatic nitrogens is 1. The Hall–Kier alpha value is -2.17. The third kappa shape index (κ3) is 6.49. The van der Waals surface area contributed by atoms with Gasteiger partial charge in [0.2, 0.25) is 0 Å². The van der Waals surface area contributed by atoms with Crippen molar-refractivity contribution >= 4 is 35.6 Å². The average molecular weight is 487 g/mol. The first-order valence-corrected chi connectivity index (χ1v) is 8.80. The topological polar surface area (TPSA) is 106 Å². The van der Waals surface area contributed by atoms with Gasteiger partial charge in [0.05, 0.1) is 17.2 Å². The van der Waals surface area contributed by atoms with Crippen LogP contribution in [0.5, 0.6) is 0 Å². The van der Waals surface area contributed by atoms with Crippen LogP contribution in [-0.4, -0.2) is 22.6 Å². The van der Waals surface area contributed by atoms with Crippen LogP contribution in [0.25, 0.3) is 0 Å². The van der Waals surface area contributed by atoms with Gasteiger partial charge in [-0.1, -0.05) is 31.1 Å². The number of aliphatic imine (C=N–C) groups is 1. The highest BCUT2D eigenvalue weighted by atomic mass is 127. The Labute approximate surface area is 176 Å². The summed E-state index contributed by atoms with van der Waals surface area (Å²) in [5.74, 6) is 1.52. The SMILES string of the molecule is CCNC(=NCc1cccc([N+](=O)[O-])c1)NCc1c(CC)noc1CC.I. The number of hydrogen-bond donors (Lipinski definition) is 2. The smallest absolute Gasteiger partial charge is 0.269 e. The van der Waals surface area contributed by atoms with Gasteiger partial charge >= 0.3 is 0 Å². The second-order valence-electron chi connectivity index (χ2n) is 5.71. The normalized spacial score (nSPS) is 11.0. The van der Waals surface area contributed by atoms with Crippen LogP contribution in [0.4, 0.5) is 5.69 Å². The van der Waals surface area contributed by atoms with Crippen LogP contribution >= 0.6 is 24.0 Å². The molecule has 0 atom stereocenters. The molecule has 0 fully saturated rings. The number of aryl methyl sites for hydroxylation is 2. The average Bonchev–Trinajstić information content (AvgIpc) is 3.06. The maximum Gasteiger partial charge on any atom is 0.269 e. The number of halogens is 1. The van der Waals surface area contributed by atoms with Gasteiger partial charge in [-0.2, -0.15) is 0 Å². The Morgan fingerprint density at radius 1 is 1.26 bits per heavy atom. The standard InChI is InChI=1S/C18H25N5O3.HI/c1-4-16-15(17(5-2)26-22-16)12-21-18(19-6-3)20-11-13-8-7-9-14(10-13)23(24)25;/h7-10H,4-6,11-12H2,1-3H3,(H2,19,20,21);1H. The first-order valence-electron chi connectivity index (χ1n) is 8.80. The second kappa shape index (κ2) is 11.5. The van der Waals surface area contributed by atoms with Crippen LogP contribution < -0.4 is 10.6 Å². The van der Waals surface area contributed by atoms with Gasteiger partial charge in [0.1, 0.15) is 5.76 Å². The molecule has 0 bridgehead atoms. The largest absolute Gasteiger partial charge is 0.361 e. The molecule has 2 N–H and O–H groups in total. The Morgan fingerprint density at radius 2 is 2.04 bits per heavy atom. The predicted molar refractivity (Wildman–Crippen MR) is 115 cm³/mol. The number of nitrogens with one attached hydrogen (secondary N) is 2. The van der Waals surface area contributed by atoms with E-state index < -0.39 is 4.92 Å². The number of hydrogen-bond acceptors (Lipinski definition) is 5. The number of non-ortho nitro benzene ring substituents is 1. The first kappa shape index (κ1) is 22.9. The maximum atomic E-state index is 10.9. The van der Waals surface area contributed by atoms with Crippen molar-refractivity contribution in [3.63, 3.8) is 0 Å². The lowest BCUT2D eigenvalue weighted by atomic mass is 10.1. The van der Waals surface area contributed by atoms with Gasteiger partial charge < -0.3 is 15.2 Å². The monoisotopic (exact) mass is 487 g/mol. The van der Waals surface area contributed by atoms with Crippen molar-refractivity contribution in [3.05, 3.63) is 57.0 Å². The molecule has 8 nitrogen and oxygen atoms in total. The van der Waals surface area contributed by atoms with E-state index in [-0.39, 0.29) is 29.7 Å². The molecule has 148 valence electrons. The first-order chi connectivity index (χ1) is 12.6. The summed E-state index contributed by atoms with van der Waals surface area (Å²) in [6, 6.07) is 6.50. The van der Waals surface area contributed by atoms with E-state index in [2.05, 4.69) is 20.8 Å². The minimum Gasteiger partial charge on any atom is -0.361 e. The molecule has 1 aromatic heterocycles. The van der Waals surface area contributed by atoms with Gasteiger partial charge in [-0.25, -0.2) is 4.99 Å². The van der Waals surface area contributed by atoms with Crippen LogP contribution in [-0.2, 0) is 25.9 Å². The third-order valence-corrected chi connectivity index (χ3v) is 3.92. The van der Waals surface area contributed by atoms with Crippen LogP contribution in [0.2, 0.25) is 0 Å². The highest BCUT2D eigenvalue weighted by molar-refractivity contribution is 14.0. The van der Waals surface area contributed by atoms with E-state index in [1.807, 2.05) is 26.8 Å². The van der Waals surface area contributed by atoms with Crippen molar-refractivity contribution in [2.24, 2.45) is 4.99 Å². The number of nitro groups is 1. The van der Waals surface area contributed by atoms with Crippen molar-refractivity contribution in [1.82, 2.24) is 15.8 Å². The summed E-state index contributed by atoms with van der Waals surface area (Å²) in [5.41, 5.74) is 2.87. The predicted octanol–water partition coefficient (Wildman–Crippen LogP) is 3.58. The van der Waals surface area contributed by atoms with Crippen LogP contribution in [0, 0.1) is 10.1 Å². The Balaban J connectivity index is 0.00000364. The number of rotatable bonds is 8. The molecule has 1 heterocycles. The number of nitrogens with zero attached hydrogens (tertiary/aromatic N) is 3. The lowest BCUT2D eigenvalue weighted by molar-refractivity contribution is -0.384. The van der Waals surface area contributed by atoms with Gasteiger partial charge in [-0.05, 0) is 18.9 Å². The Morgan fingerprint density at radius 3 is 2.67 bits per heavy atom. The zero-order chi connectivity index (χ0) is 18.9. The molecule has 0 radical (unpaired) electrons. The van der Waals surface area contributed by atoms with Crippen molar-refractivity contribution < 1.29 is 9.45 Å².